The van der Waals surface area contributed by atoms with Crippen LogP contribution < -0.4 is 5.73 Å². The molecule has 1 fully saturated rings. The Morgan fingerprint density at radius 1 is 1.45 bits per heavy atom. The Morgan fingerprint density at radius 2 is 2.30 bits per heavy atom. The summed E-state index contributed by atoms with van der Waals surface area (Å²) in [6, 6.07) is 7.75. The number of aryl methyl sites for hydroxylation is 1. The molecule has 2 heterocycles. The maximum Gasteiger partial charge on any atom is 0.129 e. The van der Waals surface area contributed by atoms with E-state index in [4.69, 9.17) is 22.1 Å². The molecular weight excluding hydrogens is 274 g/mol. The summed E-state index contributed by atoms with van der Waals surface area (Å²) in [7, 11) is 1.87. The Labute approximate surface area is 123 Å². The molecule has 0 spiro atoms. The Balaban J connectivity index is 2.09. The first-order valence-electron chi connectivity index (χ1n) is 6.83. The number of rotatable bonds is 2. The monoisotopic (exact) mass is 291 g/mol. The lowest BCUT2D eigenvalue weighted by atomic mass is 9.92. The number of nitrogens with zero attached hydrogens (tertiary/aromatic N) is 2. The minimum Gasteiger partial charge on any atom is -0.383 e. The fourth-order valence-corrected chi connectivity index (χ4v) is 2.93. The number of aromatic nitrogens is 2. The number of hydrogen-bond acceptors (Lipinski definition) is 3. The summed E-state index contributed by atoms with van der Waals surface area (Å²) in [6.07, 6.45) is 2.15. The molecule has 4 nitrogen and oxygen atoms in total. The number of anilines is 1. The molecule has 2 N–H and O–H groups in total. The smallest absolute Gasteiger partial charge is 0.129 e. The highest BCUT2D eigenvalue weighted by molar-refractivity contribution is 6.30. The first-order chi connectivity index (χ1) is 9.66. The maximum absolute atomic E-state index is 6.21. The zero-order chi connectivity index (χ0) is 14.1. The third kappa shape index (κ3) is 2.41. The van der Waals surface area contributed by atoms with Crippen LogP contribution in [0.5, 0.6) is 0 Å². The van der Waals surface area contributed by atoms with Crippen LogP contribution in [0.4, 0.5) is 5.82 Å². The second kappa shape index (κ2) is 5.46. The fourth-order valence-electron chi connectivity index (χ4n) is 2.74. The number of nitrogens with two attached hydrogens (primary N) is 1. The summed E-state index contributed by atoms with van der Waals surface area (Å²) in [4.78, 5) is 0. The normalized spacial score (nSPS) is 19.2. The molecule has 1 aliphatic rings. The molecule has 0 aliphatic carbocycles. The highest BCUT2D eigenvalue weighted by atomic mass is 35.5. The molecule has 5 heteroatoms. The van der Waals surface area contributed by atoms with Gasteiger partial charge < -0.3 is 10.5 Å². The lowest BCUT2D eigenvalue weighted by Gasteiger charge is -2.21. The van der Waals surface area contributed by atoms with Crippen molar-refractivity contribution in [3.05, 3.63) is 35.0 Å². The standard InChI is InChI=1S/C15H18ClN3O/c1-19-15(17)13(10-4-2-6-12(16)8-10)14(18-19)11-5-3-7-20-9-11/h2,4,6,8,11H,3,5,7,9,17H2,1H3. The molecule has 1 unspecified atom stereocenters. The number of hydrogen-bond donors (Lipinski definition) is 1. The van der Waals surface area contributed by atoms with E-state index < -0.39 is 0 Å². The lowest BCUT2D eigenvalue weighted by molar-refractivity contribution is 0.0793. The zero-order valence-corrected chi connectivity index (χ0v) is 12.2. The van der Waals surface area contributed by atoms with Gasteiger partial charge in [-0.05, 0) is 30.5 Å². The van der Waals surface area contributed by atoms with Crippen LogP contribution in [-0.4, -0.2) is 23.0 Å². The molecule has 1 saturated heterocycles. The van der Waals surface area contributed by atoms with Gasteiger partial charge in [-0.3, -0.25) is 4.68 Å². The van der Waals surface area contributed by atoms with Crippen molar-refractivity contribution in [2.45, 2.75) is 18.8 Å². The molecule has 1 aromatic carbocycles. The molecule has 0 bridgehead atoms. The summed E-state index contributed by atoms with van der Waals surface area (Å²) in [5, 5.41) is 5.31. The van der Waals surface area contributed by atoms with E-state index in [0.29, 0.717) is 23.4 Å². The molecule has 1 aromatic heterocycles. The third-order valence-electron chi connectivity index (χ3n) is 3.78. The van der Waals surface area contributed by atoms with Crippen LogP contribution in [0.15, 0.2) is 24.3 Å². The van der Waals surface area contributed by atoms with Gasteiger partial charge >= 0.3 is 0 Å². The van der Waals surface area contributed by atoms with Crippen molar-refractivity contribution in [2.24, 2.45) is 7.05 Å². The van der Waals surface area contributed by atoms with Crippen molar-refractivity contribution in [1.29, 1.82) is 0 Å². The second-order valence-electron chi connectivity index (χ2n) is 5.19. The minimum absolute atomic E-state index is 0.307. The highest BCUT2D eigenvalue weighted by Crippen LogP contribution is 2.37. The van der Waals surface area contributed by atoms with Gasteiger partial charge in [0, 0.05) is 30.2 Å². The predicted molar refractivity (Wildman–Crippen MR) is 80.9 cm³/mol. The van der Waals surface area contributed by atoms with Gasteiger partial charge in [0.1, 0.15) is 5.82 Å². The summed E-state index contributed by atoms with van der Waals surface area (Å²) in [5.74, 6) is 0.981. The number of halogens is 1. The maximum atomic E-state index is 6.21. The summed E-state index contributed by atoms with van der Waals surface area (Å²) < 4.78 is 7.32. The van der Waals surface area contributed by atoms with Crippen LogP contribution in [-0.2, 0) is 11.8 Å². The van der Waals surface area contributed by atoms with Gasteiger partial charge in [-0.2, -0.15) is 5.10 Å². The quantitative estimate of drug-likeness (QED) is 0.924. The Kier molecular flexibility index (Phi) is 3.68. The molecule has 20 heavy (non-hydrogen) atoms. The van der Waals surface area contributed by atoms with Gasteiger partial charge in [0.05, 0.1) is 12.3 Å². The predicted octanol–water partition coefficient (Wildman–Crippen LogP) is 3.22. The third-order valence-corrected chi connectivity index (χ3v) is 4.01. The molecule has 1 atom stereocenters. The van der Waals surface area contributed by atoms with Gasteiger partial charge in [-0.15, -0.1) is 0 Å². The SMILES string of the molecule is Cn1nc(C2CCCOC2)c(-c2cccc(Cl)c2)c1N. The average molecular weight is 292 g/mol. The van der Waals surface area contributed by atoms with E-state index in [1.165, 1.54) is 0 Å². The summed E-state index contributed by atoms with van der Waals surface area (Å²) in [6.45, 7) is 1.55. The van der Waals surface area contributed by atoms with Gasteiger partial charge in [-0.1, -0.05) is 23.7 Å². The van der Waals surface area contributed by atoms with Crippen LogP contribution in [0, 0.1) is 0 Å². The molecule has 0 saturated carbocycles. The van der Waals surface area contributed by atoms with Crippen LogP contribution >= 0.6 is 11.6 Å². The minimum atomic E-state index is 0.307. The van der Waals surface area contributed by atoms with E-state index in [2.05, 4.69) is 5.10 Å². The average Bonchev–Trinajstić information content (AvgIpc) is 2.76. The van der Waals surface area contributed by atoms with E-state index in [0.717, 1.165) is 36.3 Å². The first-order valence-corrected chi connectivity index (χ1v) is 7.20. The van der Waals surface area contributed by atoms with E-state index in [1.54, 1.807) is 4.68 Å². The summed E-state index contributed by atoms with van der Waals surface area (Å²) >= 11 is 6.10. The van der Waals surface area contributed by atoms with Crippen LogP contribution in [0.1, 0.15) is 24.5 Å². The molecule has 2 aromatic rings. The van der Waals surface area contributed by atoms with Crippen molar-refractivity contribution < 1.29 is 4.74 Å². The Bertz CT molecular complexity index is 618. The Hall–Kier alpha value is -1.52. The molecule has 0 amide bonds. The van der Waals surface area contributed by atoms with Crippen molar-refractivity contribution in [1.82, 2.24) is 9.78 Å². The highest BCUT2D eigenvalue weighted by Gasteiger charge is 2.25. The molecular formula is C15H18ClN3O. The van der Waals surface area contributed by atoms with Crippen molar-refractivity contribution in [3.63, 3.8) is 0 Å². The van der Waals surface area contributed by atoms with Crippen LogP contribution in [0.3, 0.4) is 0 Å². The van der Waals surface area contributed by atoms with E-state index >= 15 is 0 Å². The van der Waals surface area contributed by atoms with Crippen molar-refractivity contribution in [3.8, 4) is 11.1 Å². The molecule has 106 valence electrons. The number of nitrogen functional groups attached to an aromatic ring is 1. The number of benzene rings is 1. The van der Waals surface area contributed by atoms with Gasteiger partial charge in [0.2, 0.25) is 0 Å². The van der Waals surface area contributed by atoms with Crippen molar-refractivity contribution >= 4 is 17.4 Å². The largest absolute Gasteiger partial charge is 0.383 e. The topological polar surface area (TPSA) is 53.1 Å². The molecule has 1 aliphatic heterocycles. The van der Waals surface area contributed by atoms with E-state index in [9.17, 15) is 0 Å². The fraction of sp³-hybridized carbons (Fsp3) is 0.400. The first kappa shape index (κ1) is 13.5. The Morgan fingerprint density at radius 3 is 3.00 bits per heavy atom. The second-order valence-corrected chi connectivity index (χ2v) is 5.63. The van der Waals surface area contributed by atoms with Gasteiger partial charge in [-0.25, -0.2) is 0 Å². The van der Waals surface area contributed by atoms with E-state index in [-0.39, 0.29) is 0 Å². The van der Waals surface area contributed by atoms with E-state index in [1.807, 2.05) is 31.3 Å². The molecule has 3 rings (SSSR count). The molecule has 0 radical (unpaired) electrons. The number of ether oxygens (including phenoxy) is 1. The zero-order valence-electron chi connectivity index (χ0n) is 11.5. The van der Waals surface area contributed by atoms with Crippen LogP contribution in [0.2, 0.25) is 5.02 Å². The van der Waals surface area contributed by atoms with Gasteiger partial charge in [0.15, 0.2) is 0 Å². The van der Waals surface area contributed by atoms with Gasteiger partial charge in [0.25, 0.3) is 0 Å². The summed E-state index contributed by atoms with van der Waals surface area (Å²) in [5.41, 5.74) is 9.24. The van der Waals surface area contributed by atoms with Crippen molar-refractivity contribution in [2.75, 3.05) is 18.9 Å². The lowest BCUT2D eigenvalue weighted by Crippen LogP contribution is -2.16. The van der Waals surface area contributed by atoms with Crippen LogP contribution in [0.25, 0.3) is 11.1 Å².